The molecular weight excluding hydrogens is 276 g/mol. The molecule has 0 aliphatic heterocycles. The van der Waals surface area contributed by atoms with Crippen molar-refractivity contribution in [2.24, 2.45) is 5.92 Å². The number of carbonyl (C=O) groups excluding carboxylic acids is 2. The second-order valence-electron chi connectivity index (χ2n) is 6.31. The Morgan fingerprint density at radius 1 is 1.23 bits per heavy atom. The third kappa shape index (κ3) is 4.86. The zero-order chi connectivity index (χ0) is 15.9. The van der Waals surface area contributed by atoms with E-state index in [2.05, 4.69) is 17.6 Å². The van der Waals surface area contributed by atoms with Crippen molar-refractivity contribution in [3.8, 4) is 0 Å². The maximum absolute atomic E-state index is 12.0. The van der Waals surface area contributed by atoms with Gasteiger partial charge >= 0.3 is 0 Å². The van der Waals surface area contributed by atoms with Crippen LogP contribution < -0.4 is 10.6 Å². The molecule has 0 saturated heterocycles. The van der Waals surface area contributed by atoms with E-state index in [0.29, 0.717) is 30.5 Å². The van der Waals surface area contributed by atoms with Crippen molar-refractivity contribution in [1.29, 1.82) is 0 Å². The fourth-order valence-corrected chi connectivity index (χ4v) is 2.99. The van der Waals surface area contributed by atoms with E-state index >= 15 is 0 Å². The highest BCUT2D eigenvalue weighted by Gasteiger charge is 2.22. The van der Waals surface area contributed by atoms with E-state index in [0.717, 1.165) is 12.0 Å². The van der Waals surface area contributed by atoms with Crippen LogP contribution in [0.25, 0.3) is 0 Å². The molecule has 1 fully saturated rings. The molecule has 2 atom stereocenters. The van der Waals surface area contributed by atoms with Crippen molar-refractivity contribution < 1.29 is 9.59 Å². The Morgan fingerprint density at radius 3 is 2.73 bits per heavy atom. The Kier molecular flexibility index (Phi) is 5.99. The molecule has 0 radical (unpaired) electrons. The van der Waals surface area contributed by atoms with Gasteiger partial charge in [0.2, 0.25) is 5.91 Å². The average Bonchev–Trinajstić information content (AvgIpc) is 2.49. The highest BCUT2D eigenvalue weighted by atomic mass is 16.2. The van der Waals surface area contributed by atoms with E-state index in [4.69, 9.17) is 0 Å². The normalized spacial score (nSPS) is 21.2. The standard InChI is InChI=1S/C18H26N2O2/c1-13-6-5-8-15(12-13)18(22)19-11-10-17(21)20-16-9-4-3-7-14(16)2/h5-6,8,12,14,16H,3-4,7,9-11H2,1-2H3,(H,19,22)(H,20,21)/t14-,16+/m1/s1. The summed E-state index contributed by atoms with van der Waals surface area (Å²) >= 11 is 0. The molecule has 0 bridgehead atoms. The second kappa shape index (κ2) is 7.97. The van der Waals surface area contributed by atoms with Gasteiger partial charge < -0.3 is 10.6 Å². The number of aryl methyl sites for hydroxylation is 1. The number of benzene rings is 1. The van der Waals surface area contributed by atoms with Gasteiger partial charge in [0.1, 0.15) is 0 Å². The molecule has 1 saturated carbocycles. The smallest absolute Gasteiger partial charge is 0.251 e. The lowest BCUT2D eigenvalue weighted by Gasteiger charge is -2.29. The van der Waals surface area contributed by atoms with Gasteiger partial charge in [-0.3, -0.25) is 9.59 Å². The van der Waals surface area contributed by atoms with Gasteiger partial charge in [-0.15, -0.1) is 0 Å². The number of rotatable bonds is 5. The van der Waals surface area contributed by atoms with Gasteiger partial charge in [0.15, 0.2) is 0 Å². The summed E-state index contributed by atoms with van der Waals surface area (Å²) in [5, 5.41) is 5.91. The maximum atomic E-state index is 12.0. The van der Waals surface area contributed by atoms with Crippen LogP contribution in [-0.2, 0) is 4.79 Å². The summed E-state index contributed by atoms with van der Waals surface area (Å²) in [4.78, 5) is 23.9. The minimum Gasteiger partial charge on any atom is -0.353 e. The van der Waals surface area contributed by atoms with E-state index < -0.39 is 0 Å². The monoisotopic (exact) mass is 302 g/mol. The van der Waals surface area contributed by atoms with E-state index in [9.17, 15) is 9.59 Å². The summed E-state index contributed by atoms with van der Waals surface area (Å²) in [6, 6.07) is 7.75. The molecule has 1 aliphatic rings. The van der Waals surface area contributed by atoms with E-state index in [1.54, 1.807) is 6.07 Å². The predicted molar refractivity (Wildman–Crippen MR) is 87.7 cm³/mol. The van der Waals surface area contributed by atoms with Crippen LogP contribution in [0.3, 0.4) is 0 Å². The highest BCUT2D eigenvalue weighted by molar-refractivity contribution is 5.94. The van der Waals surface area contributed by atoms with Crippen LogP contribution in [0, 0.1) is 12.8 Å². The largest absolute Gasteiger partial charge is 0.353 e. The van der Waals surface area contributed by atoms with Gasteiger partial charge in [0.05, 0.1) is 0 Å². The van der Waals surface area contributed by atoms with Crippen molar-refractivity contribution in [3.63, 3.8) is 0 Å². The quantitative estimate of drug-likeness (QED) is 0.878. The zero-order valence-electron chi connectivity index (χ0n) is 13.5. The van der Waals surface area contributed by atoms with Crippen molar-refractivity contribution in [1.82, 2.24) is 10.6 Å². The number of amides is 2. The van der Waals surface area contributed by atoms with Crippen LogP contribution in [0.5, 0.6) is 0 Å². The van der Waals surface area contributed by atoms with Crippen LogP contribution in [0.2, 0.25) is 0 Å². The minimum absolute atomic E-state index is 0.0308. The molecule has 1 aromatic carbocycles. The van der Waals surface area contributed by atoms with Crippen molar-refractivity contribution in [2.75, 3.05) is 6.54 Å². The Morgan fingerprint density at radius 2 is 2.00 bits per heavy atom. The molecular formula is C18H26N2O2. The molecule has 2 N–H and O–H groups in total. The van der Waals surface area contributed by atoms with Crippen LogP contribution in [0.1, 0.15) is 54.9 Å². The van der Waals surface area contributed by atoms with Crippen LogP contribution in [-0.4, -0.2) is 24.4 Å². The second-order valence-corrected chi connectivity index (χ2v) is 6.31. The molecule has 22 heavy (non-hydrogen) atoms. The first-order valence-corrected chi connectivity index (χ1v) is 8.20. The Balaban J connectivity index is 1.71. The summed E-state index contributed by atoms with van der Waals surface area (Å²) < 4.78 is 0. The lowest BCUT2D eigenvalue weighted by molar-refractivity contribution is -0.122. The fourth-order valence-electron chi connectivity index (χ4n) is 2.99. The van der Waals surface area contributed by atoms with Gasteiger partial charge in [-0.25, -0.2) is 0 Å². The molecule has 0 unspecified atom stereocenters. The third-order valence-electron chi connectivity index (χ3n) is 4.38. The van der Waals surface area contributed by atoms with Crippen molar-refractivity contribution >= 4 is 11.8 Å². The molecule has 0 heterocycles. The number of hydrogen-bond donors (Lipinski definition) is 2. The maximum Gasteiger partial charge on any atom is 0.251 e. The van der Waals surface area contributed by atoms with E-state index in [-0.39, 0.29) is 11.8 Å². The summed E-state index contributed by atoms with van der Waals surface area (Å²) in [6.07, 6.45) is 5.05. The number of carbonyl (C=O) groups is 2. The zero-order valence-corrected chi connectivity index (χ0v) is 13.5. The topological polar surface area (TPSA) is 58.2 Å². The highest BCUT2D eigenvalue weighted by Crippen LogP contribution is 2.23. The van der Waals surface area contributed by atoms with Gasteiger partial charge in [-0.1, -0.05) is 37.5 Å². The molecule has 0 aromatic heterocycles. The number of nitrogens with one attached hydrogen (secondary N) is 2. The van der Waals surface area contributed by atoms with E-state index in [1.807, 2.05) is 25.1 Å². The molecule has 1 aromatic rings. The van der Waals surface area contributed by atoms with Gasteiger partial charge in [0.25, 0.3) is 5.91 Å². The summed E-state index contributed by atoms with van der Waals surface area (Å²) in [5.41, 5.74) is 1.69. The lowest BCUT2D eigenvalue weighted by atomic mass is 9.86. The summed E-state index contributed by atoms with van der Waals surface area (Å²) in [7, 11) is 0. The molecule has 2 amide bonds. The lowest BCUT2D eigenvalue weighted by Crippen LogP contribution is -2.42. The van der Waals surface area contributed by atoms with Gasteiger partial charge in [0, 0.05) is 24.6 Å². The average molecular weight is 302 g/mol. The SMILES string of the molecule is Cc1cccc(C(=O)NCCC(=O)N[C@H]2CCCC[C@H]2C)c1. The van der Waals surface area contributed by atoms with Gasteiger partial charge in [-0.2, -0.15) is 0 Å². The number of hydrogen-bond acceptors (Lipinski definition) is 2. The Hall–Kier alpha value is -1.84. The van der Waals surface area contributed by atoms with Crippen molar-refractivity contribution in [3.05, 3.63) is 35.4 Å². The molecule has 0 spiro atoms. The van der Waals surface area contributed by atoms with Gasteiger partial charge in [-0.05, 0) is 37.8 Å². The van der Waals surface area contributed by atoms with Crippen LogP contribution >= 0.6 is 0 Å². The Bertz CT molecular complexity index is 528. The molecule has 1 aliphatic carbocycles. The molecule has 120 valence electrons. The fraction of sp³-hybridized carbons (Fsp3) is 0.556. The van der Waals surface area contributed by atoms with Crippen molar-refractivity contribution in [2.45, 2.75) is 52.0 Å². The Labute approximate surface area is 132 Å². The molecule has 4 heteroatoms. The summed E-state index contributed by atoms with van der Waals surface area (Å²) in [6.45, 7) is 4.53. The molecule has 2 rings (SSSR count). The predicted octanol–water partition coefficient (Wildman–Crippen LogP) is 2.81. The van der Waals surface area contributed by atoms with Crippen LogP contribution in [0.4, 0.5) is 0 Å². The summed E-state index contributed by atoms with van der Waals surface area (Å²) in [5.74, 6) is 0.463. The first kappa shape index (κ1) is 16.5. The third-order valence-corrected chi connectivity index (χ3v) is 4.38. The van der Waals surface area contributed by atoms with E-state index in [1.165, 1.54) is 19.3 Å². The first-order valence-electron chi connectivity index (χ1n) is 8.20. The first-order chi connectivity index (χ1) is 10.6. The minimum atomic E-state index is -0.123. The van der Waals surface area contributed by atoms with Crippen LogP contribution in [0.15, 0.2) is 24.3 Å². The molecule has 4 nitrogen and oxygen atoms in total.